The van der Waals surface area contributed by atoms with Crippen molar-refractivity contribution in [3.63, 3.8) is 0 Å². The number of imidazole rings is 1. The molecule has 0 bridgehead atoms. The van der Waals surface area contributed by atoms with E-state index < -0.39 is 17.9 Å². The highest BCUT2D eigenvalue weighted by atomic mass is 35.5. The molecule has 0 saturated carbocycles. The second kappa shape index (κ2) is 6.27. The zero-order valence-corrected chi connectivity index (χ0v) is 14.0. The fraction of sp³-hybridized carbons (Fsp3) is 0.0588. The van der Waals surface area contributed by atoms with Crippen molar-refractivity contribution in [1.29, 1.82) is 0 Å². The minimum Gasteiger partial charge on any atom is -0.403 e. The van der Waals surface area contributed by atoms with E-state index in [4.69, 9.17) is 11.6 Å². The lowest BCUT2D eigenvalue weighted by Gasteiger charge is -2.13. The summed E-state index contributed by atoms with van der Waals surface area (Å²) in [7, 11) is 0. The average Bonchev–Trinajstić information content (AvgIpc) is 3.06. The van der Waals surface area contributed by atoms with Crippen LogP contribution in [0.5, 0.6) is 5.75 Å². The van der Waals surface area contributed by atoms with Crippen molar-refractivity contribution in [3.8, 4) is 5.75 Å². The summed E-state index contributed by atoms with van der Waals surface area (Å²) in [6, 6.07) is 8.19. The predicted octanol–water partition coefficient (Wildman–Crippen LogP) is 5.32. The molecule has 0 amide bonds. The molecule has 4 rings (SSSR count). The van der Waals surface area contributed by atoms with E-state index in [1.54, 1.807) is 35.0 Å². The Morgan fingerprint density at radius 2 is 1.96 bits per heavy atom. The van der Waals surface area contributed by atoms with Gasteiger partial charge in [0.25, 0.3) is 0 Å². The molecule has 4 aromatic rings. The van der Waals surface area contributed by atoms with Gasteiger partial charge in [-0.1, -0.05) is 17.7 Å². The maximum atomic E-state index is 13.9. The van der Waals surface area contributed by atoms with Crippen molar-refractivity contribution >= 4 is 39.8 Å². The maximum absolute atomic E-state index is 13.9. The SMILES string of the molecule is Fc1cc(Nc2nc3cccc(Cl)c3n3ccnc23)ccc1OC(F)(F)F. The molecule has 10 heteroatoms. The fourth-order valence-electron chi connectivity index (χ4n) is 2.67. The summed E-state index contributed by atoms with van der Waals surface area (Å²) >= 11 is 6.23. The standard InChI is InChI=1S/C17H9ClF4N4O/c18-10-2-1-3-12-14(10)26-7-6-23-16(26)15(25-12)24-9-4-5-13(11(19)8-9)27-17(20,21)22/h1-8H,(H,24,25). The molecule has 2 aromatic heterocycles. The molecular weight excluding hydrogens is 388 g/mol. The molecule has 138 valence electrons. The minimum absolute atomic E-state index is 0.181. The largest absolute Gasteiger partial charge is 0.573 e. The number of aromatic nitrogens is 3. The van der Waals surface area contributed by atoms with Crippen molar-refractivity contribution in [2.75, 3.05) is 5.32 Å². The van der Waals surface area contributed by atoms with Crippen LogP contribution in [0.1, 0.15) is 0 Å². The maximum Gasteiger partial charge on any atom is 0.573 e. The number of anilines is 2. The molecule has 0 radical (unpaired) electrons. The van der Waals surface area contributed by atoms with Crippen LogP contribution in [0.15, 0.2) is 48.8 Å². The van der Waals surface area contributed by atoms with Gasteiger partial charge in [0.05, 0.1) is 16.1 Å². The predicted molar refractivity (Wildman–Crippen MR) is 91.9 cm³/mol. The van der Waals surface area contributed by atoms with E-state index in [-0.39, 0.29) is 5.69 Å². The van der Waals surface area contributed by atoms with Gasteiger partial charge in [-0.3, -0.25) is 4.40 Å². The van der Waals surface area contributed by atoms with Crippen LogP contribution in [0.4, 0.5) is 29.1 Å². The second-order valence-corrected chi connectivity index (χ2v) is 5.91. The van der Waals surface area contributed by atoms with Gasteiger partial charge in [-0.05, 0) is 24.3 Å². The number of hydrogen-bond acceptors (Lipinski definition) is 4. The summed E-state index contributed by atoms with van der Waals surface area (Å²) in [5.41, 5.74) is 1.82. The number of benzene rings is 2. The van der Waals surface area contributed by atoms with Gasteiger partial charge in [0.1, 0.15) is 0 Å². The van der Waals surface area contributed by atoms with Crippen LogP contribution in [-0.2, 0) is 0 Å². The third kappa shape index (κ3) is 3.33. The van der Waals surface area contributed by atoms with E-state index in [9.17, 15) is 17.6 Å². The normalized spacial score (nSPS) is 11.9. The number of ether oxygens (including phenoxy) is 1. The molecule has 0 atom stereocenters. The molecule has 0 unspecified atom stereocenters. The number of hydrogen-bond donors (Lipinski definition) is 1. The van der Waals surface area contributed by atoms with Crippen molar-refractivity contribution in [3.05, 3.63) is 59.6 Å². The molecule has 1 N–H and O–H groups in total. The lowest BCUT2D eigenvalue weighted by atomic mass is 10.2. The van der Waals surface area contributed by atoms with E-state index in [1.165, 1.54) is 6.07 Å². The molecule has 5 nitrogen and oxygen atoms in total. The molecule has 2 aromatic carbocycles. The summed E-state index contributed by atoms with van der Waals surface area (Å²) < 4.78 is 56.0. The van der Waals surface area contributed by atoms with Gasteiger partial charge in [0, 0.05) is 24.1 Å². The summed E-state index contributed by atoms with van der Waals surface area (Å²) in [5.74, 6) is -1.79. The first-order chi connectivity index (χ1) is 12.8. The third-order valence-electron chi connectivity index (χ3n) is 3.71. The molecule has 0 spiro atoms. The van der Waals surface area contributed by atoms with Crippen LogP contribution >= 0.6 is 11.6 Å². The van der Waals surface area contributed by atoms with Crippen LogP contribution in [0.25, 0.3) is 16.7 Å². The van der Waals surface area contributed by atoms with Gasteiger partial charge in [0.2, 0.25) is 0 Å². The number of rotatable bonds is 3. The Hall–Kier alpha value is -3.07. The van der Waals surface area contributed by atoms with Crippen molar-refractivity contribution < 1.29 is 22.3 Å². The average molecular weight is 397 g/mol. The first-order valence-electron chi connectivity index (χ1n) is 7.55. The Balaban J connectivity index is 1.75. The van der Waals surface area contributed by atoms with E-state index >= 15 is 0 Å². The van der Waals surface area contributed by atoms with E-state index in [0.29, 0.717) is 27.5 Å². The molecule has 2 heterocycles. The smallest absolute Gasteiger partial charge is 0.403 e. The highest BCUT2D eigenvalue weighted by Crippen LogP contribution is 2.31. The molecule has 27 heavy (non-hydrogen) atoms. The highest BCUT2D eigenvalue weighted by Gasteiger charge is 2.32. The van der Waals surface area contributed by atoms with Gasteiger partial charge < -0.3 is 10.1 Å². The van der Waals surface area contributed by atoms with Gasteiger partial charge >= 0.3 is 6.36 Å². The topological polar surface area (TPSA) is 51.5 Å². The summed E-state index contributed by atoms with van der Waals surface area (Å²) in [4.78, 5) is 8.64. The van der Waals surface area contributed by atoms with Gasteiger partial charge in [0.15, 0.2) is 23.0 Å². The molecule has 0 aliphatic carbocycles. The number of fused-ring (bicyclic) bond motifs is 3. The van der Waals surface area contributed by atoms with Crippen molar-refractivity contribution in [2.24, 2.45) is 0 Å². The Bertz CT molecular complexity index is 1160. The Morgan fingerprint density at radius 3 is 2.70 bits per heavy atom. The molecule has 0 aliphatic rings. The monoisotopic (exact) mass is 396 g/mol. The van der Waals surface area contributed by atoms with Gasteiger partial charge in [-0.15, -0.1) is 13.2 Å². The van der Waals surface area contributed by atoms with Crippen LogP contribution in [0.3, 0.4) is 0 Å². The van der Waals surface area contributed by atoms with E-state index in [1.807, 2.05) is 0 Å². The minimum atomic E-state index is -4.98. The second-order valence-electron chi connectivity index (χ2n) is 5.51. The van der Waals surface area contributed by atoms with Crippen LogP contribution in [0, 0.1) is 5.82 Å². The molecule has 0 saturated heterocycles. The number of nitrogens with zero attached hydrogens (tertiary/aromatic N) is 3. The lowest BCUT2D eigenvalue weighted by molar-refractivity contribution is -0.275. The Morgan fingerprint density at radius 1 is 1.15 bits per heavy atom. The quantitative estimate of drug-likeness (QED) is 0.476. The first kappa shape index (κ1) is 17.3. The van der Waals surface area contributed by atoms with E-state index in [0.717, 1.165) is 12.1 Å². The van der Waals surface area contributed by atoms with E-state index in [2.05, 4.69) is 20.0 Å². The number of nitrogens with one attached hydrogen (secondary N) is 1. The van der Waals surface area contributed by atoms with Gasteiger partial charge in [-0.2, -0.15) is 0 Å². The van der Waals surface area contributed by atoms with Crippen molar-refractivity contribution in [2.45, 2.75) is 6.36 Å². The van der Waals surface area contributed by atoms with Crippen LogP contribution in [-0.4, -0.2) is 20.7 Å². The highest BCUT2D eigenvalue weighted by molar-refractivity contribution is 6.35. The molecule has 0 fully saturated rings. The zero-order chi connectivity index (χ0) is 19.2. The fourth-order valence-corrected chi connectivity index (χ4v) is 2.93. The van der Waals surface area contributed by atoms with Crippen LogP contribution < -0.4 is 10.1 Å². The number of alkyl halides is 3. The van der Waals surface area contributed by atoms with Crippen molar-refractivity contribution in [1.82, 2.24) is 14.4 Å². The van der Waals surface area contributed by atoms with Crippen LogP contribution in [0.2, 0.25) is 5.02 Å². The third-order valence-corrected chi connectivity index (χ3v) is 4.02. The van der Waals surface area contributed by atoms with Gasteiger partial charge in [-0.25, -0.2) is 14.4 Å². The first-order valence-corrected chi connectivity index (χ1v) is 7.93. The molecule has 0 aliphatic heterocycles. The zero-order valence-electron chi connectivity index (χ0n) is 13.3. The number of halogens is 5. The number of para-hydroxylation sites is 1. The molecular formula is C17H9ClF4N4O. The summed E-state index contributed by atoms with van der Waals surface area (Å²) in [6.07, 6.45) is -1.74. The summed E-state index contributed by atoms with van der Waals surface area (Å²) in [5, 5.41) is 3.34. The Labute approximate surface area is 154 Å². The lowest BCUT2D eigenvalue weighted by Crippen LogP contribution is -2.18. The summed E-state index contributed by atoms with van der Waals surface area (Å²) in [6.45, 7) is 0. The Kier molecular flexibility index (Phi) is 4.03.